The van der Waals surface area contributed by atoms with Gasteiger partial charge in [-0.2, -0.15) is 0 Å². The van der Waals surface area contributed by atoms with Crippen LogP contribution in [0.3, 0.4) is 0 Å². The molecule has 1 aliphatic rings. The van der Waals surface area contributed by atoms with Crippen LogP contribution in [0.25, 0.3) is 0 Å². The molecule has 28 heavy (non-hydrogen) atoms. The van der Waals surface area contributed by atoms with Crippen LogP contribution in [-0.2, 0) is 10.0 Å². The quantitative estimate of drug-likeness (QED) is 0.580. The number of nitro benzene ring substituents is 1. The van der Waals surface area contributed by atoms with E-state index >= 15 is 0 Å². The molecule has 1 heterocycles. The van der Waals surface area contributed by atoms with Crippen molar-refractivity contribution in [2.45, 2.75) is 6.42 Å². The highest BCUT2D eigenvalue weighted by molar-refractivity contribution is 7.93. The molecule has 2 aromatic rings. The zero-order valence-electron chi connectivity index (χ0n) is 14.7. The highest BCUT2D eigenvalue weighted by Gasteiger charge is 2.29. The van der Waals surface area contributed by atoms with E-state index < -0.39 is 20.9 Å². The fourth-order valence-electron chi connectivity index (χ4n) is 2.91. The van der Waals surface area contributed by atoms with Crippen molar-refractivity contribution in [3.63, 3.8) is 0 Å². The number of methoxy groups -OCH3 is 1. The molecular weight excluding hydrogens is 410 g/mol. The topological polar surface area (TPSA) is 119 Å². The average Bonchev–Trinajstić information content (AvgIpc) is 3.00. The van der Waals surface area contributed by atoms with Gasteiger partial charge in [0.05, 0.1) is 29.2 Å². The number of nitrogens with zero attached hydrogens (tertiary/aromatic N) is 2. The van der Waals surface area contributed by atoms with Gasteiger partial charge in [-0.15, -0.1) is 0 Å². The number of carbonyl (C=O) groups is 1. The Morgan fingerprint density at radius 2 is 2.04 bits per heavy atom. The van der Waals surface area contributed by atoms with E-state index in [-0.39, 0.29) is 33.5 Å². The van der Waals surface area contributed by atoms with Crippen molar-refractivity contribution in [1.29, 1.82) is 0 Å². The van der Waals surface area contributed by atoms with Crippen LogP contribution in [0.15, 0.2) is 36.4 Å². The number of halogens is 1. The summed E-state index contributed by atoms with van der Waals surface area (Å²) in [5.41, 5.74) is 0.0644. The Morgan fingerprint density at radius 1 is 1.29 bits per heavy atom. The van der Waals surface area contributed by atoms with E-state index in [4.69, 9.17) is 16.3 Å². The van der Waals surface area contributed by atoms with Gasteiger partial charge in [0.25, 0.3) is 11.6 Å². The van der Waals surface area contributed by atoms with E-state index in [0.29, 0.717) is 18.7 Å². The number of sulfonamides is 1. The minimum atomic E-state index is -3.36. The predicted octanol–water partition coefficient (Wildman–Crippen LogP) is 3.05. The molecule has 0 aliphatic carbocycles. The molecule has 1 saturated heterocycles. The molecule has 148 valence electrons. The number of nitrogens with one attached hydrogen (secondary N) is 1. The number of rotatable bonds is 5. The highest BCUT2D eigenvalue weighted by Crippen LogP contribution is 2.33. The maximum Gasteiger partial charge on any atom is 0.282 e. The summed E-state index contributed by atoms with van der Waals surface area (Å²) in [5.74, 6) is -0.446. The first-order valence-corrected chi connectivity index (χ1v) is 10.2. The van der Waals surface area contributed by atoms with Crippen LogP contribution in [0.5, 0.6) is 5.75 Å². The van der Waals surface area contributed by atoms with E-state index in [1.165, 1.54) is 41.7 Å². The SMILES string of the molecule is COc1cc(N2CCCS2(=O)=O)ccc1NC(=O)c1cc(Cl)ccc1[N+](=O)[O-]. The summed E-state index contributed by atoms with van der Waals surface area (Å²) in [6.45, 7) is 0.367. The van der Waals surface area contributed by atoms with Crippen molar-refractivity contribution in [3.05, 3.63) is 57.1 Å². The Morgan fingerprint density at radius 3 is 2.64 bits per heavy atom. The number of hydrogen-bond donors (Lipinski definition) is 1. The lowest BCUT2D eigenvalue weighted by Gasteiger charge is -2.19. The lowest BCUT2D eigenvalue weighted by Crippen LogP contribution is -2.25. The van der Waals surface area contributed by atoms with Crippen molar-refractivity contribution in [3.8, 4) is 5.75 Å². The first-order chi connectivity index (χ1) is 13.2. The van der Waals surface area contributed by atoms with Crippen LogP contribution in [-0.4, -0.2) is 38.7 Å². The van der Waals surface area contributed by atoms with Crippen molar-refractivity contribution in [1.82, 2.24) is 0 Å². The molecule has 1 amide bonds. The van der Waals surface area contributed by atoms with Crippen LogP contribution in [0.4, 0.5) is 17.1 Å². The molecule has 0 aromatic heterocycles. The molecule has 0 atom stereocenters. The van der Waals surface area contributed by atoms with Gasteiger partial charge in [0, 0.05) is 23.7 Å². The van der Waals surface area contributed by atoms with Crippen molar-refractivity contribution in [2.75, 3.05) is 29.0 Å². The van der Waals surface area contributed by atoms with Crippen molar-refractivity contribution in [2.24, 2.45) is 0 Å². The Hall–Kier alpha value is -2.85. The molecule has 0 radical (unpaired) electrons. The number of ether oxygens (including phenoxy) is 1. The number of amides is 1. The monoisotopic (exact) mass is 425 g/mol. The minimum absolute atomic E-state index is 0.0756. The molecule has 11 heteroatoms. The molecule has 2 aromatic carbocycles. The zero-order chi connectivity index (χ0) is 20.5. The second kappa shape index (κ2) is 7.64. The van der Waals surface area contributed by atoms with Crippen LogP contribution in [0, 0.1) is 10.1 Å². The highest BCUT2D eigenvalue weighted by atomic mass is 35.5. The van der Waals surface area contributed by atoms with Gasteiger partial charge in [0.15, 0.2) is 0 Å². The molecular formula is C17H16ClN3O6S. The summed E-state index contributed by atoms with van der Waals surface area (Å²) < 4.78 is 30.7. The van der Waals surface area contributed by atoms with Gasteiger partial charge in [-0.3, -0.25) is 19.2 Å². The van der Waals surface area contributed by atoms with Crippen molar-refractivity contribution >= 4 is 44.6 Å². The summed E-state index contributed by atoms with van der Waals surface area (Å²) in [6.07, 6.45) is 0.529. The molecule has 3 rings (SSSR count). The molecule has 1 N–H and O–H groups in total. The third-order valence-corrected chi connectivity index (χ3v) is 6.33. The van der Waals surface area contributed by atoms with Gasteiger partial charge in [-0.1, -0.05) is 11.6 Å². The van der Waals surface area contributed by atoms with Crippen LogP contribution in [0.2, 0.25) is 5.02 Å². The van der Waals surface area contributed by atoms with Gasteiger partial charge in [-0.05, 0) is 30.7 Å². The van der Waals surface area contributed by atoms with Gasteiger partial charge < -0.3 is 10.1 Å². The Balaban J connectivity index is 1.92. The van der Waals surface area contributed by atoms with E-state index in [0.717, 1.165) is 6.07 Å². The van der Waals surface area contributed by atoms with Gasteiger partial charge in [-0.25, -0.2) is 8.42 Å². The summed E-state index contributed by atoms with van der Waals surface area (Å²) >= 11 is 5.86. The van der Waals surface area contributed by atoms with Crippen LogP contribution < -0.4 is 14.4 Å². The lowest BCUT2D eigenvalue weighted by molar-refractivity contribution is -0.385. The zero-order valence-corrected chi connectivity index (χ0v) is 16.3. The van der Waals surface area contributed by atoms with Crippen LogP contribution >= 0.6 is 11.6 Å². The van der Waals surface area contributed by atoms with Gasteiger partial charge in [0.2, 0.25) is 10.0 Å². The minimum Gasteiger partial charge on any atom is -0.494 e. The Kier molecular flexibility index (Phi) is 5.43. The van der Waals surface area contributed by atoms with Gasteiger partial charge in [0.1, 0.15) is 11.3 Å². The van der Waals surface area contributed by atoms with E-state index in [2.05, 4.69) is 5.32 Å². The summed E-state index contributed by atoms with van der Waals surface area (Å²) in [7, 11) is -1.99. The fourth-order valence-corrected chi connectivity index (χ4v) is 4.64. The van der Waals surface area contributed by atoms with E-state index in [1.54, 1.807) is 0 Å². The normalized spacial score (nSPS) is 15.3. The Labute approximate surface area is 166 Å². The fraction of sp³-hybridized carbons (Fsp3) is 0.235. The molecule has 0 spiro atoms. The third-order valence-electron chi connectivity index (χ3n) is 4.22. The maximum atomic E-state index is 12.6. The Bertz CT molecular complexity index is 1060. The smallest absolute Gasteiger partial charge is 0.282 e. The van der Waals surface area contributed by atoms with Crippen LogP contribution in [0.1, 0.15) is 16.8 Å². The van der Waals surface area contributed by atoms with Gasteiger partial charge >= 0.3 is 0 Å². The second-order valence-electron chi connectivity index (χ2n) is 6.00. The third kappa shape index (κ3) is 3.87. The molecule has 0 bridgehead atoms. The van der Waals surface area contributed by atoms with E-state index in [1.807, 2.05) is 0 Å². The molecule has 9 nitrogen and oxygen atoms in total. The maximum absolute atomic E-state index is 12.6. The second-order valence-corrected chi connectivity index (χ2v) is 8.45. The summed E-state index contributed by atoms with van der Waals surface area (Å²) in [5, 5.41) is 13.9. The summed E-state index contributed by atoms with van der Waals surface area (Å²) in [4.78, 5) is 23.1. The molecule has 1 aliphatic heterocycles. The number of hydrogen-bond acceptors (Lipinski definition) is 6. The van der Waals surface area contributed by atoms with Crippen molar-refractivity contribution < 1.29 is 22.9 Å². The lowest BCUT2D eigenvalue weighted by atomic mass is 10.1. The number of nitro groups is 1. The van der Waals surface area contributed by atoms with E-state index in [9.17, 15) is 23.3 Å². The number of carbonyl (C=O) groups excluding carboxylic acids is 1. The predicted molar refractivity (Wildman–Crippen MR) is 105 cm³/mol. The molecule has 0 saturated carbocycles. The number of benzene rings is 2. The average molecular weight is 426 g/mol. The first-order valence-electron chi connectivity index (χ1n) is 8.16. The standard InChI is InChI=1S/C17H16ClN3O6S/c1-27-16-10-12(20-7-2-8-28(20,25)26)4-5-14(16)19-17(22)13-9-11(18)3-6-15(13)21(23)24/h3-6,9-10H,2,7-8H2,1H3,(H,19,22). The number of anilines is 2. The molecule has 0 unspecified atom stereocenters. The summed E-state index contributed by atoms with van der Waals surface area (Å²) in [6, 6.07) is 8.18. The first kappa shape index (κ1) is 19.9. The largest absolute Gasteiger partial charge is 0.494 e. The molecule has 1 fully saturated rings.